The van der Waals surface area contributed by atoms with Gasteiger partial charge in [0.25, 0.3) is 0 Å². The Balaban J connectivity index is 1.64. The maximum Gasteiger partial charge on any atom is 0.231 e. The largest absolute Gasteiger partial charge is 0.497 e. The predicted molar refractivity (Wildman–Crippen MR) is 149 cm³/mol. The maximum atomic E-state index is 12.9. The van der Waals surface area contributed by atoms with Crippen LogP contribution < -0.4 is 24.8 Å². The van der Waals surface area contributed by atoms with Gasteiger partial charge in [-0.1, -0.05) is 32.0 Å². The third kappa shape index (κ3) is 9.38. The number of methoxy groups -OCH3 is 1. The molecule has 3 rings (SSSR count). The summed E-state index contributed by atoms with van der Waals surface area (Å²) in [6, 6.07) is 12.5. The van der Waals surface area contributed by atoms with Gasteiger partial charge in [-0.3, -0.25) is 4.79 Å². The highest BCUT2D eigenvalue weighted by Crippen LogP contribution is 2.33. The van der Waals surface area contributed by atoms with Crippen LogP contribution in [0.15, 0.2) is 42.5 Å². The van der Waals surface area contributed by atoms with Crippen LogP contribution in [0.2, 0.25) is 0 Å². The van der Waals surface area contributed by atoms with Gasteiger partial charge in [0.1, 0.15) is 5.75 Å². The van der Waals surface area contributed by atoms with E-state index in [1.165, 1.54) is 4.31 Å². The van der Waals surface area contributed by atoms with Gasteiger partial charge in [0, 0.05) is 32.6 Å². The molecule has 0 radical (unpaired) electrons. The van der Waals surface area contributed by atoms with E-state index in [1.807, 2.05) is 50.2 Å². The van der Waals surface area contributed by atoms with Gasteiger partial charge in [0.05, 0.1) is 25.0 Å². The summed E-state index contributed by atoms with van der Waals surface area (Å²) in [4.78, 5) is 12.9. The first-order valence-electron chi connectivity index (χ1n) is 13.4. The summed E-state index contributed by atoms with van der Waals surface area (Å²) in [5, 5.41) is 17.2. The number of carbonyl (C=O) groups excluding carboxylic acids is 1. The molecule has 2 aromatic carbocycles. The molecule has 0 fully saturated rings. The highest BCUT2D eigenvalue weighted by Gasteiger charge is 2.26. The Hall–Kier alpha value is -2.86. The van der Waals surface area contributed by atoms with Crippen molar-refractivity contribution in [3.8, 4) is 17.2 Å². The van der Waals surface area contributed by atoms with Gasteiger partial charge < -0.3 is 30.0 Å². The third-order valence-electron chi connectivity index (χ3n) is 6.45. The average molecular weight is 564 g/mol. The van der Waals surface area contributed by atoms with Crippen molar-refractivity contribution in [3.63, 3.8) is 0 Å². The van der Waals surface area contributed by atoms with Gasteiger partial charge in [-0.25, -0.2) is 12.7 Å². The molecule has 1 aliphatic rings. The summed E-state index contributed by atoms with van der Waals surface area (Å²) in [5.74, 6) is 1.30. The van der Waals surface area contributed by atoms with E-state index in [-0.39, 0.29) is 25.5 Å². The second-order valence-corrected chi connectivity index (χ2v) is 11.7. The number of fused-ring (bicyclic) bond motifs is 1. The molecule has 0 saturated carbocycles. The molecule has 216 valence electrons. The van der Waals surface area contributed by atoms with Gasteiger partial charge in [0.2, 0.25) is 22.7 Å². The number of amides is 1. The molecule has 2 aromatic rings. The molecule has 11 heteroatoms. The first-order chi connectivity index (χ1) is 18.7. The van der Waals surface area contributed by atoms with Crippen molar-refractivity contribution in [1.29, 1.82) is 0 Å². The van der Waals surface area contributed by atoms with E-state index < -0.39 is 28.1 Å². The first-order valence-corrected chi connectivity index (χ1v) is 15.0. The minimum Gasteiger partial charge on any atom is -0.497 e. The lowest BCUT2D eigenvalue weighted by Gasteiger charge is -2.25. The van der Waals surface area contributed by atoms with Gasteiger partial charge in [-0.2, -0.15) is 0 Å². The van der Waals surface area contributed by atoms with E-state index in [0.29, 0.717) is 50.4 Å². The lowest BCUT2D eigenvalue weighted by Crippen LogP contribution is -2.49. The van der Waals surface area contributed by atoms with Crippen molar-refractivity contribution < 1.29 is 32.5 Å². The number of benzene rings is 2. The Morgan fingerprint density at radius 1 is 1.08 bits per heavy atom. The molecule has 0 spiro atoms. The van der Waals surface area contributed by atoms with Crippen LogP contribution in [-0.4, -0.2) is 75.2 Å². The number of aliphatic hydroxyl groups is 1. The Morgan fingerprint density at radius 3 is 2.54 bits per heavy atom. The molecule has 2 atom stereocenters. The smallest absolute Gasteiger partial charge is 0.231 e. The number of hydrogen-bond donors (Lipinski definition) is 3. The van der Waals surface area contributed by atoms with E-state index in [1.54, 1.807) is 13.2 Å². The van der Waals surface area contributed by atoms with E-state index in [4.69, 9.17) is 14.2 Å². The highest BCUT2D eigenvalue weighted by molar-refractivity contribution is 7.89. The monoisotopic (exact) mass is 563 g/mol. The number of nitrogens with zero attached hydrogens (tertiary/aromatic N) is 1. The number of rotatable bonds is 17. The molecule has 0 aromatic heterocycles. The fraction of sp³-hybridized carbons (Fsp3) is 0.536. The molecule has 1 aliphatic heterocycles. The molecular weight excluding hydrogens is 522 g/mol. The summed E-state index contributed by atoms with van der Waals surface area (Å²) < 4.78 is 43.2. The minimum absolute atomic E-state index is 0.150. The summed E-state index contributed by atoms with van der Waals surface area (Å²) in [6.07, 6.45) is 0.622. The van der Waals surface area contributed by atoms with Crippen LogP contribution in [0.25, 0.3) is 0 Å². The Morgan fingerprint density at radius 2 is 1.82 bits per heavy atom. The predicted octanol–water partition coefficient (Wildman–Crippen LogP) is 2.44. The molecule has 39 heavy (non-hydrogen) atoms. The zero-order valence-corrected chi connectivity index (χ0v) is 23.8. The second kappa shape index (κ2) is 15.1. The van der Waals surface area contributed by atoms with Crippen LogP contribution in [0.3, 0.4) is 0 Å². The van der Waals surface area contributed by atoms with Gasteiger partial charge in [-0.05, 0) is 54.7 Å². The average Bonchev–Trinajstić information content (AvgIpc) is 3.39. The van der Waals surface area contributed by atoms with Crippen LogP contribution in [0.5, 0.6) is 17.2 Å². The van der Waals surface area contributed by atoms with Gasteiger partial charge in [0.15, 0.2) is 11.5 Å². The van der Waals surface area contributed by atoms with Crippen molar-refractivity contribution in [2.75, 3.05) is 39.3 Å². The normalized spacial score (nSPS) is 14.3. The Kier molecular flexibility index (Phi) is 11.9. The molecule has 3 N–H and O–H groups in total. The van der Waals surface area contributed by atoms with E-state index in [9.17, 15) is 18.3 Å². The molecule has 0 aliphatic carbocycles. The number of nitrogens with one attached hydrogen (secondary N) is 2. The molecule has 1 amide bonds. The summed E-state index contributed by atoms with van der Waals surface area (Å²) in [6.45, 7) is 5.58. The van der Waals surface area contributed by atoms with Crippen LogP contribution in [0.4, 0.5) is 0 Å². The van der Waals surface area contributed by atoms with Crippen molar-refractivity contribution in [1.82, 2.24) is 14.9 Å². The number of aliphatic hydroxyl groups excluding tert-OH is 1. The lowest BCUT2D eigenvalue weighted by atomic mass is 10.00. The number of ether oxygens (including phenoxy) is 3. The van der Waals surface area contributed by atoms with Crippen LogP contribution in [0, 0.1) is 0 Å². The van der Waals surface area contributed by atoms with Crippen LogP contribution >= 0.6 is 0 Å². The van der Waals surface area contributed by atoms with E-state index in [0.717, 1.165) is 16.9 Å². The minimum atomic E-state index is -3.56. The fourth-order valence-corrected chi connectivity index (χ4v) is 6.04. The molecule has 0 bridgehead atoms. The van der Waals surface area contributed by atoms with Crippen LogP contribution in [0.1, 0.15) is 44.2 Å². The summed E-state index contributed by atoms with van der Waals surface area (Å²) in [7, 11) is -1.95. The number of carbonyl (C=O) groups is 1. The zero-order chi connectivity index (χ0) is 28.3. The molecule has 0 unspecified atom stereocenters. The Bertz CT molecular complexity index is 1170. The first kappa shape index (κ1) is 30.7. The zero-order valence-electron chi connectivity index (χ0n) is 23.0. The highest BCUT2D eigenvalue weighted by atomic mass is 32.2. The SMILES string of the molecule is CCCN(CCC)S(=O)(=O)CCC(=O)N[C@@H](Cc1ccc2c(c1)OCO2)[C@@H](O)CNCc1cccc(OC)c1. The quantitative estimate of drug-likeness (QED) is 0.268. The lowest BCUT2D eigenvalue weighted by molar-refractivity contribution is -0.122. The van der Waals surface area contributed by atoms with Crippen molar-refractivity contribution in [2.45, 2.75) is 58.2 Å². The third-order valence-corrected chi connectivity index (χ3v) is 8.32. The van der Waals surface area contributed by atoms with E-state index >= 15 is 0 Å². The summed E-state index contributed by atoms with van der Waals surface area (Å²) in [5.41, 5.74) is 1.84. The van der Waals surface area contributed by atoms with E-state index in [2.05, 4.69) is 10.6 Å². The Labute approximate surface area is 231 Å². The molecular formula is C28H41N3O7S. The van der Waals surface area contributed by atoms with Crippen molar-refractivity contribution in [2.24, 2.45) is 0 Å². The number of hydrogen-bond acceptors (Lipinski definition) is 8. The topological polar surface area (TPSA) is 126 Å². The molecule has 10 nitrogen and oxygen atoms in total. The fourth-order valence-electron chi connectivity index (χ4n) is 4.41. The molecule has 0 saturated heterocycles. The standard InChI is InChI=1S/C28H41N3O7S/c1-4-12-31(13-5-2)39(34,35)14-11-28(33)30-24(16-21-9-10-26-27(17-21)38-20-37-26)25(32)19-29-18-22-7-6-8-23(15-22)36-3/h6-10,15,17,24-25,29,32H,4-5,11-14,16,18-20H2,1-3H3,(H,30,33)/t24-,25-/m0/s1. The van der Waals surface area contributed by atoms with Crippen molar-refractivity contribution >= 4 is 15.9 Å². The van der Waals surface area contributed by atoms with Crippen molar-refractivity contribution in [3.05, 3.63) is 53.6 Å². The summed E-state index contributed by atoms with van der Waals surface area (Å²) >= 11 is 0. The van der Waals surface area contributed by atoms with Crippen LogP contribution in [-0.2, 0) is 27.8 Å². The van der Waals surface area contributed by atoms with Gasteiger partial charge >= 0.3 is 0 Å². The van der Waals surface area contributed by atoms with Gasteiger partial charge in [-0.15, -0.1) is 0 Å². The number of sulfonamides is 1. The maximum absolute atomic E-state index is 12.9. The molecule has 1 heterocycles. The second-order valence-electron chi connectivity index (χ2n) is 9.58.